The summed E-state index contributed by atoms with van der Waals surface area (Å²) >= 11 is 9.66. The number of halogens is 4. The number of ether oxygens (including phenoxy) is 6. The molecule has 2 unspecified atom stereocenters. The average molecular weight is 2300 g/mol. The second-order valence-electron chi connectivity index (χ2n) is 34.5. The van der Waals surface area contributed by atoms with E-state index >= 15 is 0 Å². The number of carboxylic acid groups (broad SMARTS) is 1. The van der Waals surface area contributed by atoms with Crippen molar-refractivity contribution in [3.05, 3.63) is 205 Å². The number of anilines is 2. The highest BCUT2D eigenvalue weighted by Crippen LogP contribution is 2.53. The number of allylic oxidation sites excluding steroid dienone is 16. The van der Waals surface area contributed by atoms with Crippen molar-refractivity contribution in [2.45, 2.75) is 193 Å². The number of imide groups is 1. The summed E-state index contributed by atoms with van der Waals surface area (Å²) in [4.78, 5) is 80.1. The molecule has 27 nitrogen and oxygen atoms in total. The van der Waals surface area contributed by atoms with Gasteiger partial charge < -0.3 is 58.8 Å². The van der Waals surface area contributed by atoms with Gasteiger partial charge in [0.05, 0.1) is 126 Å². The maximum atomic E-state index is 12.6. The molecule has 0 spiro atoms. The number of hydrogen-bond acceptors (Lipinski definition) is 19. The Bertz CT molecular complexity index is 5200. The number of aliphatic carboxylic acids is 1. The number of rotatable bonds is 55. The zero-order valence-electron chi connectivity index (χ0n) is 77.2. The number of hydroxylamine groups is 2. The summed E-state index contributed by atoms with van der Waals surface area (Å²) in [5.74, 6) is -3.23. The first-order valence-corrected chi connectivity index (χ1v) is 52.4. The van der Waals surface area contributed by atoms with Crippen LogP contribution in [-0.4, -0.2) is 223 Å². The van der Waals surface area contributed by atoms with Gasteiger partial charge in [0, 0.05) is 124 Å². The zero-order valence-corrected chi connectivity index (χ0v) is 87.4. The fraction of sp³-hybridized carbons (Fsp3) is 0.510. The average Bonchev–Trinajstić information content (AvgIpc) is 1.61. The molecule has 4 aromatic rings. The molecule has 2 atom stereocenters. The summed E-state index contributed by atoms with van der Waals surface area (Å²) in [6, 6.07) is 22.0. The second-order valence-corrected chi connectivity index (χ2v) is 42.5. The lowest BCUT2D eigenvalue weighted by atomic mass is 9.77. The summed E-state index contributed by atoms with van der Waals surface area (Å²) in [7, 11) is -3.83. The van der Waals surface area contributed by atoms with Crippen molar-refractivity contribution in [3.8, 4) is 0 Å². The smallest absolute Gasteiger partial charge is 0.335 e. The van der Waals surface area contributed by atoms with Gasteiger partial charge in [-0.3, -0.25) is 33.1 Å². The van der Waals surface area contributed by atoms with E-state index in [-0.39, 0.29) is 85.1 Å². The monoisotopic (exact) mass is 2300 g/mol. The SMILES string of the molecule is Cc1ccc2c(c1)C(C)(CCCCS(=O)(=O)O)C(=CC=CC=CC=CC1=[N+](C)c3cc(I)cc(I)c3C1(C)C)N2CCCCCC(=O)NCCOCCOCCOCCC(=O)O.Cc1ccc2c(c1)C(C)(CCCCS(=O)(=O)O)C(=CC=CC=CC=CC1=[N+](C)c3cc(I)cc(I)c3C1(C)C)N2CCCCCC(=O)NCCOCCOCCOCCC(=O)ON1C(=O)CCC1=O. The molecule has 4 amide bonds. The molecule has 5 heterocycles. The number of benzene rings is 4. The van der Waals surface area contributed by atoms with Gasteiger partial charge in [-0.1, -0.05) is 122 Å². The van der Waals surface area contributed by atoms with E-state index in [9.17, 15) is 54.7 Å². The maximum Gasteiger partial charge on any atom is 0.335 e. The molecule has 0 aliphatic carbocycles. The quantitative estimate of drug-likeness (QED) is 0.00684. The number of carbonyl (C=O) groups excluding carboxylic acids is 5. The van der Waals surface area contributed by atoms with Crippen LogP contribution in [0.2, 0.25) is 0 Å². The normalized spacial score (nSPS) is 18.2. The fourth-order valence-electron chi connectivity index (χ4n) is 17.1. The zero-order chi connectivity index (χ0) is 95.5. The molecular weight excluding hydrogens is 2170 g/mol. The number of unbranched alkanes of at least 4 members (excludes halogenated alkanes) is 6. The van der Waals surface area contributed by atoms with Crippen molar-refractivity contribution < 1.29 is 102 Å². The van der Waals surface area contributed by atoms with Crippen molar-refractivity contribution in [3.63, 3.8) is 0 Å². The van der Waals surface area contributed by atoms with Crippen molar-refractivity contribution >= 4 is 180 Å². The minimum atomic E-state index is -4.05. The third-order valence-electron chi connectivity index (χ3n) is 23.7. The molecule has 1 saturated heterocycles. The molecule has 131 heavy (non-hydrogen) atoms. The van der Waals surface area contributed by atoms with Gasteiger partial charge in [0.2, 0.25) is 23.2 Å². The van der Waals surface area contributed by atoms with Gasteiger partial charge in [-0.15, -0.1) is 5.06 Å². The Morgan fingerprint density at radius 1 is 0.458 bits per heavy atom. The third kappa shape index (κ3) is 33.6. The first kappa shape index (κ1) is 110. The Morgan fingerprint density at radius 3 is 1.21 bits per heavy atom. The van der Waals surface area contributed by atoms with Crippen LogP contribution >= 0.6 is 90.4 Å². The summed E-state index contributed by atoms with van der Waals surface area (Å²) in [5, 5.41) is 15.0. The van der Waals surface area contributed by atoms with Gasteiger partial charge in [-0.2, -0.15) is 26.0 Å². The van der Waals surface area contributed by atoms with Crippen LogP contribution in [0.1, 0.15) is 190 Å². The minimum absolute atomic E-state index is 0.0105. The van der Waals surface area contributed by atoms with Gasteiger partial charge >= 0.3 is 11.9 Å². The molecule has 0 radical (unpaired) electrons. The second kappa shape index (κ2) is 53.7. The molecule has 9 rings (SSSR count). The van der Waals surface area contributed by atoms with Crippen LogP contribution in [0, 0.1) is 28.1 Å². The Balaban J connectivity index is 0.000000325. The molecule has 4 aromatic carbocycles. The summed E-state index contributed by atoms with van der Waals surface area (Å²) < 4.78 is 107. The molecule has 5 aliphatic rings. The molecule has 33 heteroatoms. The largest absolute Gasteiger partial charge is 0.481 e. The molecule has 716 valence electrons. The van der Waals surface area contributed by atoms with Crippen LogP contribution in [0.15, 0.2) is 157 Å². The lowest BCUT2D eigenvalue weighted by Gasteiger charge is -2.30. The molecule has 0 saturated carbocycles. The number of fused-ring (bicyclic) bond motifs is 4. The number of hydrogen-bond donors (Lipinski definition) is 5. The molecular formula is C98H131I4N7O20S2+2. The first-order valence-electron chi connectivity index (χ1n) is 44.9. The Labute approximate surface area is 828 Å². The molecule has 1 fully saturated rings. The van der Waals surface area contributed by atoms with E-state index in [2.05, 4.69) is 305 Å². The highest BCUT2D eigenvalue weighted by atomic mass is 127. The highest BCUT2D eigenvalue weighted by molar-refractivity contribution is 14.1. The highest BCUT2D eigenvalue weighted by Gasteiger charge is 2.48. The van der Waals surface area contributed by atoms with Crippen molar-refractivity contribution in [2.75, 3.05) is 141 Å². The number of carboxylic acids is 1. The van der Waals surface area contributed by atoms with Gasteiger partial charge in [0.25, 0.3) is 32.1 Å². The first-order chi connectivity index (χ1) is 62.3. The predicted molar refractivity (Wildman–Crippen MR) is 547 cm³/mol. The van der Waals surface area contributed by atoms with Crippen LogP contribution in [-0.2, 0) is 104 Å². The standard InChI is InChI=1S/C51H66I2N4O11S.C47H63I2N3O9S/c1-37-19-20-41-39(34-37)51(4,24-13-15-33-69(62,63)64)44(17-11-8-6-7-10-16-43-50(2,3)49-40(53)35-38(52)36-42(49)55(43)5)56(41)26-14-9-12-18-45(58)54-25-28-66-30-32-67-31-29-65-27-23-48(61)68-57-46(59)21-22-47(57)60;1-35-19-20-39-37(32-35)47(4,22-13-15-31-62(56,57)58)42(17-11-8-6-7-10-16-41-46(2,3)45-38(49)33-36(48)34-40(45)51(41)5)52(39)24-14-9-12-18-43(53)50-23-26-60-28-30-61-29-27-59-25-21-44(54)55/h6-8,10-11,16-17,19-20,34-36H,9,12-15,18,21-33H2,1-5H3,(H-,54,58,62,63,64);6-8,10-11,16-17,19-20,32-34H,9,12-15,18,21-31H2,1-5H3,(H2-,50,53,54,55,56,57,58)/p+2. The van der Waals surface area contributed by atoms with Gasteiger partial charge in [-0.25, -0.2) is 4.79 Å². The van der Waals surface area contributed by atoms with Crippen LogP contribution in [0.3, 0.4) is 0 Å². The Kier molecular flexibility index (Phi) is 44.9. The maximum absolute atomic E-state index is 12.6. The number of aryl methyl sites for hydroxylation is 2. The van der Waals surface area contributed by atoms with Crippen LogP contribution in [0.4, 0.5) is 22.7 Å². The summed E-state index contributed by atoms with van der Waals surface area (Å²) in [6.07, 6.45) is 38.4. The number of carbonyl (C=O) groups is 6. The van der Waals surface area contributed by atoms with Crippen LogP contribution in [0.5, 0.6) is 0 Å². The molecule has 0 bridgehead atoms. The van der Waals surface area contributed by atoms with E-state index in [1.807, 2.05) is 30.4 Å². The molecule has 5 aliphatic heterocycles. The van der Waals surface area contributed by atoms with E-state index in [4.69, 9.17) is 38.4 Å². The summed E-state index contributed by atoms with van der Waals surface area (Å²) in [5.41, 5.74) is 15.9. The number of nitrogens with zero attached hydrogens (tertiary/aromatic N) is 5. The van der Waals surface area contributed by atoms with Crippen molar-refractivity contribution in [2.24, 2.45) is 0 Å². The Hall–Kier alpha value is -6.74. The van der Waals surface area contributed by atoms with E-state index in [1.165, 1.54) is 59.3 Å². The van der Waals surface area contributed by atoms with Crippen molar-refractivity contribution in [1.29, 1.82) is 0 Å². The molecule has 5 N–H and O–H groups in total. The number of nitrogens with one attached hydrogen (secondary N) is 2. The minimum Gasteiger partial charge on any atom is -0.481 e. The van der Waals surface area contributed by atoms with E-state index in [0.717, 1.165) is 91.9 Å². The van der Waals surface area contributed by atoms with Crippen molar-refractivity contribution in [1.82, 2.24) is 15.7 Å². The number of amides is 4. The van der Waals surface area contributed by atoms with Gasteiger partial charge in [0.1, 0.15) is 14.1 Å². The lowest BCUT2D eigenvalue weighted by Crippen LogP contribution is -2.32. The fourth-order valence-corrected chi connectivity index (χ4v) is 23.2. The summed E-state index contributed by atoms with van der Waals surface area (Å²) in [6.45, 7) is 23.7. The molecule has 0 aromatic heterocycles. The third-order valence-corrected chi connectivity index (χ3v) is 28.3. The lowest BCUT2D eigenvalue weighted by molar-refractivity contribution is -0.401. The van der Waals surface area contributed by atoms with Crippen LogP contribution in [0.25, 0.3) is 0 Å². The van der Waals surface area contributed by atoms with E-state index < -0.39 is 49.4 Å². The van der Waals surface area contributed by atoms with Crippen LogP contribution < -0.4 is 20.4 Å². The predicted octanol–water partition coefficient (Wildman–Crippen LogP) is 17.1. The Morgan fingerprint density at radius 2 is 0.824 bits per heavy atom. The van der Waals surface area contributed by atoms with E-state index in [0.29, 0.717) is 123 Å². The van der Waals surface area contributed by atoms with Gasteiger partial charge in [0.15, 0.2) is 11.4 Å². The van der Waals surface area contributed by atoms with Gasteiger partial charge in [-0.05, 0) is 245 Å². The van der Waals surface area contributed by atoms with E-state index in [1.54, 1.807) is 0 Å². The topological polar surface area (TPSA) is 336 Å².